The zero-order valence-electron chi connectivity index (χ0n) is 14.9. The number of nitrogen functional groups attached to an aromatic ring is 1. The number of aryl methyl sites for hydroxylation is 1. The molecule has 0 aliphatic carbocycles. The number of thiazole rings is 1. The molecule has 2 heterocycles. The smallest absolute Gasteiger partial charge is 0.295 e. The van der Waals surface area contributed by atoms with Gasteiger partial charge in [-0.05, 0) is 31.0 Å². The molecule has 0 fully saturated rings. The molecule has 0 saturated heterocycles. The summed E-state index contributed by atoms with van der Waals surface area (Å²) in [5.74, 6) is 0.735. The van der Waals surface area contributed by atoms with E-state index < -0.39 is 0 Å². The van der Waals surface area contributed by atoms with E-state index in [0.717, 1.165) is 34.1 Å². The number of benzene rings is 2. The van der Waals surface area contributed by atoms with Crippen molar-refractivity contribution < 1.29 is 4.42 Å². The Morgan fingerprint density at radius 3 is 2.59 bits per heavy atom. The molecular weight excluding hydrogens is 356 g/mol. The van der Waals surface area contributed by atoms with Crippen LogP contribution in [0.1, 0.15) is 22.3 Å². The molecule has 136 valence electrons. The predicted octanol–water partition coefficient (Wildman–Crippen LogP) is 5.08. The second-order valence-corrected chi connectivity index (χ2v) is 7.39. The van der Waals surface area contributed by atoms with Crippen LogP contribution in [-0.2, 0) is 6.42 Å². The molecule has 2 aromatic heterocycles. The van der Waals surface area contributed by atoms with Crippen LogP contribution in [0.3, 0.4) is 0 Å². The maximum atomic E-state index is 5.92. The molecule has 0 spiro atoms. The Kier molecular flexibility index (Phi) is 4.89. The van der Waals surface area contributed by atoms with Gasteiger partial charge in [0, 0.05) is 16.6 Å². The van der Waals surface area contributed by atoms with Crippen molar-refractivity contribution in [3.63, 3.8) is 0 Å². The van der Waals surface area contributed by atoms with Crippen molar-refractivity contribution in [3.8, 4) is 11.3 Å². The molecule has 0 saturated carbocycles. The summed E-state index contributed by atoms with van der Waals surface area (Å²) in [6.45, 7) is 2.01. The fourth-order valence-electron chi connectivity index (χ4n) is 2.88. The molecule has 1 atom stereocenters. The summed E-state index contributed by atoms with van der Waals surface area (Å²) in [6.07, 6.45) is 2.50. The Morgan fingerprint density at radius 1 is 1.11 bits per heavy atom. The van der Waals surface area contributed by atoms with Gasteiger partial charge >= 0.3 is 0 Å². The highest BCUT2D eigenvalue weighted by Crippen LogP contribution is 2.28. The first-order valence-corrected chi connectivity index (χ1v) is 9.59. The molecule has 0 unspecified atom stereocenters. The Morgan fingerprint density at radius 2 is 1.89 bits per heavy atom. The fourth-order valence-corrected chi connectivity index (χ4v) is 3.55. The van der Waals surface area contributed by atoms with Crippen LogP contribution in [0.25, 0.3) is 11.3 Å². The van der Waals surface area contributed by atoms with Crippen molar-refractivity contribution in [2.75, 3.05) is 11.1 Å². The van der Waals surface area contributed by atoms with Gasteiger partial charge in [-0.1, -0.05) is 42.5 Å². The van der Waals surface area contributed by atoms with Crippen molar-refractivity contribution in [3.05, 3.63) is 82.4 Å². The first kappa shape index (κ1) is 17.3. The van der Waals surface area contributed by atoms with E-state index in [-0.39, 0.29) is 6.04 Å². The highest BCUT2D eigenvalue weighted by atomic mass is 32.1. The van der Waals surface area contributed by atoms with E-state index in [1.54, 1.807) is 17.5 Å². The Labute approximate surface area is 161 Å². The van der Waals surface area contributed by atoms with E-state index >= 15 is 0 Å². The lowest BCUT2D eigenvalue weighted by Gasteiger charge is -2.16. The number of rotatable bonds is 6. The number of hydrogen-bond acceptors (Lipinski definition) is 6. The average Bonchev–Trinajstić information content (AvgIpc) is 3.33. The molecule has 0 bridgehead atoms. The van der Waals surface area contributed by atoms with Crippen LogP contribution in [0, 0.1) is 6.92 Å². The monoisotopic (exact) mass is 376 g/mol. The van der Waals surface area contributed by atoms with Crippen LogP contribution in [0.4, 0.5) is 11.7 Å². The third-order valence-corrected chi connectivity index (χ3v) is 5.07. The molecule has 0 amide bonds. The molecule has 27 heavy (non-hydrogen) atoms. The summed E-state index contributed by atoms with van der Waals surface area (Å²) in [5, 5.41) is 6.51. The minimum absolute atomic E-state index is 0.0409. The summed E-state index contributed by atoms with van der Waals surface area (Å²) in [6, 6.07) is 18.3. The number of aromatic nitrogens is 2. The Balaban J connectivity index is 1.57. The number of nitrogens with two attached hydrogens (primary N) is 1. The molecule has 4 aromatic rings. The van der Waals surface area contributed by atoms with Crippen molar-refractivity contribution in [1.29, 1.82) is 0 Å². The summed E-state index contributed by atoms with van der Waals surface area (Å²) in [7, 11) is 0. The zero-order valence-corrected chi connectivity index (χ0v) is 15.7. The molecule has 3 N–H and O–H groups in total. The fraction of sp³-hybridized carbons (Fsp3) is 0.143. The summed E-state index contributed by atoms with van der Waals surface area (Å²) >= 11 is 1.64. The van der Waals surface area contributed by atoms with Gasteiger partial charge in [0.05, 0.1) is 22.9 Å². The second kappa shape index (κ2) is 7.63. The molecule has 0 aliphatic rings. The molecule has 6 heteroatoms. The van der Waals surface area contributed by atoms with Crippen LogP contribution >= 0.6 is 11.3 Å². The molecule has 5 nitrogen and oxygen atoms in total. The van der Waals surface area contributed by atoms with E-state index in [0.29, 0.717) is 6.01 Å². The van der Waals surface area contributed by atoms with Gasteiger partial charge < -0.3 is 15.5 Å². The lowest BCUT2D eigenvalue weighted by molar-refractivity contribution is 0.568. The number of nitrogens with one attached hydrogen (secondary N) is 1. The van der Waals surface area contributed by atoms with Gasteiger partial charge in [0.15, 0.2) is 5.76 Å². The van der Waals surface area contributed by atoms with Crippen LogP contribution < -0.4 is 11.1 Å². The molecule has 0 radical (unpaired) electrons. The second-order valence-electron chi connectivity index (χ2n) is 6.33. The van der Waals surface area contributed by atoms with Gasteiger partial charge in [-0.25, -0.2) is 9.97 Å². The minimum atomic E-state index is -0.0409. The normalized spacial score (nSPS) is 12.0. The minimum Gasteiger partial charge on any atom is -0.424 e. The predicted molar refractivity (Wildman–Crippen MR) is 110 cm³/mol. The molecule has 4 rings (SSSR count). The Hall–Kier alpha value is -3.12. The lowest BCUT2D eigenvalue weighted by Crippen LogP contribution is -2.14. The number of anilines is 2. The Bertz CT molecular complexity index is 1010. The highest BCUT2D eigenvalue weighted by molar-refractivity contribution is 7.09. The third-order valence-electron chi connectivity index (χ3n) is 4.28. The molecule has 2 aromatic carbocycles. The van der Waals surface area contributed by atoms with Crippen molar-refractivity contribution >= 4 is 23.0 Å². The van der Waals surface area contributed by atoms with E-state index in [2.05, 4.69) is 20.7 Å². The largest absolute Gasteiger partial charge is 0.424 e. The van der Waals surface area contributed by atoms with Crippen molar-refractivity contribution in [1.82, 2.24) is 9.97 Å². The maximum absolute atomic E-state index is 5.92. The van der Waals surface area contributed by atoms with E-state index in [9.17, 15) is 0 Å². The van der Waals surface area contributed by atoms with E-state index in [1.165, 1.54) is 5.56 Å². The van der Waals surface area contributed by atoms with Crippen molar-refractivity contribution in [2.45, 2.75) is 19.4 Å². The number of oxazole rings is 1. The topological polar surface area (TPSA) is 77.0 Å². The SMILES string of the molecule is Cc1nc([C@H](Cc2ccc(N)cc2)Nc2ncc(-c3ccccc3)o2)cs1. The molecular formula is C21H20N4OS. The highest BCUT2D eigenvalue weighted by Gasteiger charge is 2.18. The van der Waals surface area contributed by atoms with Crippen LogP contribution in [0.5, 0.6) is 0 Å². The van der Waals surface area contributed by atoms with Gasteiger partial charge in [-0.2, -0.15) is 0 Å². The van der Waals surface area contributed by atoms with Crippen LogP contribution in [0.15, 0.2) is 70.6 Å². The van der Waals surface area contributed by atoms with Crippen molar-refractivity contribution in [2.24, 2.45) is 0 Å². The first-order valence-electron chi connectivity index (χ1n) is 8.71. The van der Waals surface area contributed by atoms with Gasteiger partial charge in [-0.15, -0.1) is 11.3 Å². The quantitative estimate of drug-likeness (QED) is 0.459. The number of hydrogen-bond donors (Lipinski definition) is 2. The summed E-state index contributed by atoms with van der Waals surface area (Å²) < 4.78 is 5.92. The van der Waals surface area contributed by atoms with E-state index in [4.69, 9.17) is 10.2 Å². The summed E-state index contributed by atoms with van der Waals surface area (Å²) in [4.78, 5) is 9.05. The third kappa shape index (κ3) is 4.17. The van der Waals surface area contributed by atoms with Gasteiger partial charge in [0.25, 0.3) is 6.01 Å². The summed E-state index contributed by atoms with van der Waals surface area (Å²) in [5.41, 5.74) is 9.71. The zero-order chi connectivity index (χ0) is 18.6. The van der Waals surface area contributed by atoms with Gasteiger partial charge in [0.2, 0.25) is 0 Å². The van der Waals surface area contributed by atoms with Crippen LogP contribution in [-0.4, -0.2) is 9.97 Å². The first-order chi connectivity index (χ1) is 13.2. The van der Waals surface area contributed by atoms with Gasteiger partial charge in [-0.3, -0.25) is 0 Å². The number of nitrogens with zero attached hydrogens (tertiary/aromatic N) is 2. The van der Waals surface area contributed by atoms with Crippen LogP contribution in [0.2, 0.25) is 0 Å². The average molecular weight is 376 g/mol. The maximum Gasteiger partial charge on any atom is 0.295 e. The van der Waals surface area contributed by atoms with Gasteiger partial charge in [0.1, 0.15) is 0 Å². The molecule has 0 aliphatic heterocycles. The lowest BCUT2D eigenvalue weighted by atomic mass is 10.0. The van der Waals surface area contributed by atoms with E-state index in [1.807, 2.05) is 61.5 Å². The standard InChI is InChI=1S/C21H20N4OS/c1-14-24-19(13-27-14)18(11-15-7-9-17(22)10-8-15)25-21-23-12-20(26-21)16-5-3-2-4-6-16/h2-10,12-13,18H,11,22H2,1H3,(H,23,25)/t18-/m0/s1.